The third-order valence-corrected chi connectivity index (χ3v) is 4.54. The lowest BCUT2D eigenvalue weighted by molar-refractivity contribution is 0.117. The van der Waals surface area contributed by atoms with Crippen molar-refractivity contribution in [2.75, 3.05) is 45.9 Å². The minimum absolute atomic E-state index is 0.561. The summed E-state index contributed by atoms with van der Waals surface area (Å²) in [4.78, 5) is 5.19. The second-order valence-electron chi connectivity index (χ2n) is 5.89. The number of ether oxygens (including phenoxy) is 1. The highest BCUT2D eigenvalue weighted by molar-refractivity contribution is 5.10. The van der Waals surface area contributed by atoms with Gasteiger partial charge in [-0.2, -0.15) is 5.10 Å². The van der Waals surface area contributed by atoms with Crippen molar-refractivity contribution >= 4 is 0 Å². The molecule has 1 N–H and O–H groups in total. The third kappa shape index (κ3) is 3.59. The van der Waals surface area contributed by atoms with E-state index in [0.717, 1.165) is 32.8 Å². The van der Waals surface area contributed by atoms with E-state index in [2.05, 4.69) is 26.2 Å². The van der Waals surface area contributed by atoms with Crippen LogP contribution in [0.1, 0.15) is 37.3 Å². The van der Waals surface area contributed by atoms with Gasteiger partial charge in [-0.05, 0) is 25.8 Å². The first-order chi connectivity index (χ1) is 9.93. The molecule has 2 aliphatic rings. The summed E-state index contributed by atoms with van der Waals surface area (Å²) in [6, 6.07) is 0.561. The Hall–Kier alpha value is -0.910. The summed E-state index contributed by atoms with van der Waals surface area (Å²) < 4.78 is 5.53. The van der Waals surface area contributed by atoms with Gasteiger partial charge in [0.25, 0.3) is 0 Å². The second-order valence-corrected chi connectivity index (χ2v) is 5.89. The maximum atomic E-state index is 5.53. The summed E-state index contributed by atoms with van der Waals surface area (Å²) in [6.45, 7) is 7.64. The van der Waals surface area contributed by atoms with E-state index < -0.39 is 0 Å². The number of nitrogens with one attached hydrogen (secondary N) is 1. The summed E-state index contributed by atoms with van der Waals surface area (Å²) in [6.07, 6.45) is 9.15. The molecule has 0 saturated carbocycles. The van der Waals surface area contributed by atoms with E-state index in [1.54, 1.807) is 0 Å². The van der Waals surface area contributed by atoms with Crippen molar-refractivity contribution in [3.8, 4) is 0 Å². The number of likely N-dealkylation sites (tertiary alicyclic amines) is 1. The normalized spacial score (nSPS) is 26.5. The Morgan fingerprint density at radius 2 is 2.15 bits per heavy atom. The van der Waals surface area contributed by atoms with Crippen LogP contribution >= 0.6 is 0 Å². The average molecular weight is 278 g/mol. The number of piperidine rings is 1. The number of rotatable bonds is 4. The molecule has 1 unspecified atom stereocenters. The summed E-state index contributed by atoms with van der Waals surface area (Å²) in [5, 5.41) is 7.07. The maximum Gasteiger partial charge on any atom is 0.0593 e. The topological polar surface area (TPSA) is 44.4 Å². The second kappa shape index (κ2) is 7.20. The fourth-order valence-electron chi connectivity index (χ4n) is 3.37. The Bertz CT molecular complexity index is 373. The largest absolute Gasteiger partial charge is 0.380 e. The summed E-state index contributed by atoms with van der Waals surface area (Å²) >= 11 is 0. The smallest absolute Gasteiger partial charge is 0.0593 e. The van der Waals surface area contributed by atoms with Gasteiger partial charge in [-0.3, -0.25) is 14.9 Å². The molecular formula is C15H26N4O. The minimum atomic E-state index is 0.561. The molecule has 0 aliphatic carbocycles. The number of hydrogen-bond acceptors (Lipinski definition) is 4. The summed E-state index contributed by atoms with van der Waals surface area (Å²) in [5.41, 5.74) is 1.35. The Balaban J connectivity index is 1.54. The van der Waals surface area contributed by atoms with E-state index in [9.17, 15) is 0 Å². The lowest BCUT2D eigenvalue weighted by Crippen LogP contribution is -2.40. The molecule has 20 heavy (non-hydrogen) atoms. The lowest BCUT2D eigenvalue weighted by Gasteiger charge is -2.36. The first kappa shape index (κ1) is 14.0. The van der Waals surface area contributed by atoms with Crippen molar-refractivity contribution < 1.29 is 4.74 Å². The first-order valence-electron chi connectivity index (χ1n) is 7.96. The highest BCUT2D eigenvalue weighted by Gasteiger charge is 2.24. The van der Waals surface area contributed by atoms with E-state index in [1.807, 2.05) is 6.20 Å². The Labute approximate surface area is 121 Å². The van der Waals surface area contributed by atoms with Gasteiger partial charge in [0.1, 0.15) is 0 Å². The predicted octanol–water partition coefficient (Wildman–Crippen LogP) is 1.66. The van der Waals surface area contributed by atoms with Crippen LogP contribution in [0.15, 0.2) is 12.4 Å². The Kier molecular flexibility index (Phi) is 5.06. The molecule has 0 amide bonds. The van der Waals surface area contributed by atoms with Gasteiger partial charge in [-0.15, -0.1) is 0 Å². The number of hydrogen-bond donors (Lipinski definition) is 1. The zero-order valence-corrected chi connectivity index (χ0v) is 12.3. The molecule has 2 aliphatic heterocycles. The molecular weight excluding hydrogens is 252 g/mol. The molecule has 1 atom stereocenters. The first-order valence-corrected chi connectivity index (χ1v) is 7.96. The Morgan fingerprint density at radius 3 is 3.05 bits per heavy atom. The standard InChI is InChI=1S/C15H26N4O/c1-2-6-19(15(4-1)14-12-16-17-13-14)8-7-18-5-3-10-20-11-9-18/h12-13,15H,1-11H2,(H,16,17). The quantitative estimate of drug-likeness (QED) is 0.910. The van der Waals surface area contributed by atoms with Gasteiger partial charge >= 0.3 is 0 Å². The maximum absolute atomic E-state index is 5.53. The number of H-pyrrole nitrogens is 1. The lowest BCUT2D eigenvalue weighted by atomic mass is 9.97. The zero-order valence-electron chi connectivity index (χ0n) is 12.3. The number of nitrogens with zero attached hydrogens (tertiary/aromatic N) is 3. The van der Waals surface area contributed by atoms with E-state index in [0.29, 0.717) is 6.04 Å². The van der Waals surface area contributed by atoms with Gasteiger partial charge in [0.2, 0.25) is 0 Å². The van der Waals surface area contributed by atoms with Crippen LogP contribution < -0.4 is 0 Å². The van der Waals surface area contributed by atoms with E-state index in [-0.39, 0.29) is 0 Å². The molecule has 2 fully saturated rings. The molecule has 2 saturated heterocycles. The molecule has 0 radical (unpaired) electrons. The predicted molar refractivity (Wildman–Crippen MR) is 78.6 cm³/mol. The van der Waals surface area contributed by atoms with Gasteiger partial charge in [-0.1, -0.05) is 6.42 Å². The van der Waals surface area contributed by atoms with Crippen molar-refractivity contribution in [1.82, 2.24) is 20.0 Å². The molecule has 5 nitrogen and oxygen atoms in total. The molecule has 1 aromatic heterocycles. The Morgan fingerprint density at radius 1 is 1.15 bits per heavy atom. The van der Waals surface area contributed by atoms with Crippen molar-refractivity contribution in [3.63, 3.8) is 0 Å². The van der Waals surface area contributed by atoms with Crippen molar-refractivity contribution in [1.29, 1.82) is 0 Å². The van der Waals surface area contributed by atoms with Gasteiger partial charge in [-0.25, -0.2) is 0 Å². The van der Waals surface area contributed by atoms with Crippen molar-refractivity contribution in [2.45, 2.75) is 31.7 Å². The van der Waals surface area contributed by atoms with Crippen LogP contribution in [0.2, 0.25) is 0 Å². The molecule has 0 spiro atoms. The SMILES string of the molecule is c1n[nH]cc1C1CCCCN1CCN1CCCOCC1. The van der Waals surface area contributed by atoms with Crippen LogP contribution in [0.25, 0.3) is 0 Å². The van der Waals surface area contributed by atoms with E-state index >= 15 is 0 Å². The van der Waals surface area contributed by atoms with Gasteiger partial charge < -0.3 is 4.74 Å². The number of aromatic amines is 1. The number of aromatic nitrogens is 2. The summed E-state index contributed by atoms with van der Waals surface area (Å²) in [5.74, 6) is 0. The monoisotopic (exact) mass is 278 g/mol. The van der Waals surface area contributed by atoms with Crippen LogP contribution in [0.3, 0.4) is 0 Å². The zero-order chi connectivity index (χ0) is 13.6. The fraction of sp³-hybridized carbons (Fsp3) is 0.800. The van der Waals surface area contributed by atoms with Crippen LogP contribution in [0.4, 0.5) is 0 Å². The minimum Gasteiger partial charge on any atom is -0.380 e. The summed E-state index contributed by atoms with van der Waals surface area (Å²) in [7, 11) is 0. The molecule has 0 bridgehead atoms. The van der Waals surface area contributed by atoms with E-state index in [1.165, 1.54) is 44.3 Å². The fourth-order valence-corrected chi connectivity index (χ4v) is 3.37. The van der Waals surface area contributed by atoms with Gasteiger partial charge in [0, 0.05) is 50.6 Å². The third-order valence-electron chi connectivity index (χ3n) is 4.54. The molecule has 3 rings (SSSR count). The molecule has 0 aromatic carbocycles. The van der Waals surface area contributed by atoms with Crippen LogP contribution in [-0.4, -0.2) is 65.9 Å². The van der Waals surface area contributed by atoms with Gasteiger partial charge in [0.15, 0.2) is 0 Å². The highest BCUT2D eigenvalue weighted by Crippen LogP contribution is 2.29. The van der Waals surface area contributed by atoms with Crippen molar-refractivity contribution in [2.24, 2.45) is 0 Å². The molecule has 112 valence electrons. The van der Waals surface area contributed by atoms with Crippen LogP contribution in [0, 0.1) is 0 Å². The van der Waals surface area contributed by atoms with Crippen LogP contribution in [-0.2, 0) is 4.74 Å². The van der Waals surface area contributed by atoms with Gasteiger partial charge in [0.05, 0.1) is 12.8 Å². The average Bonchev–Trinajstić information content (AvgIpc) is 2.89. The molecule has 5 heteroatoms. The van der Waals surface area contributed by atoms with Crippen molar-refractivity contribution in [3.05, 3.63) is 18.0 Å². The highest BCUT2D eigenvalue weighted by atomic mass is 16.5. The van der Waals surface area contributed by atoms with E-state index in [4.69, 9.17) is 4.74 Å². The van der Waals surface area contributed by atoms with Crippen LogP contribution in [0.5, 0.6) is 0 Å². The molecule has 1 aromatic rings. The molecule has 3 heterocycles.